The number of likely N-dealkylation sites (tertiary alicyclic amines) is 1. The molecule has 5 rings (SSSR count). The Kier molecular flexibility index (Phi) is 5.66. The largest absolute Gasteiger partial charge is 0.338 e. The Bertz CT molecular complexity index is 1110. The molecule has 8 nitrogen and oxygen atoms in total. The fourth-order valence-corrected chi connectivity index (χ4v) is 4.66. The van der Waals surface area contributed by atoms with Gasteiger partial charge in [0.15, 0.2) is 5.69 Å². The number of nitrogens with zero attached hydrogens (tertiary/aromatic N) is 6. The Morgan fingerprint density at radius 1 is 1.03 bits per heavy atom. The summed E-state index contributed by atoms with van der Waals surface area (Å²) < 4.78 is 1.70. The van der Waals surface area contributed by atoms with Crippen LogP contribution in [0, 0.1) is 0 Å². The monoisotopic (exact) mass is 430 g/mol. The van der Waals surface area contributed by atoms with Crippen molar-refractivity contribution in [1.29, 1.82) is 0 Å². The van der Waals surface area contributed by atoms with Crippen molar-refractivity contribution in [3.8, 4) is 0 Å². The SMILES string of the molecule is O=C(c1cn(CC2CCCN2C(=O)Cc2ccncc2)nn1)N1CCc2ccccc2C1. The lowest BCUT2D eigenvalue weighted by Crippen LogP contribution is -2.39. The van der Waals surface area contributed by atoms with Gasteiger partial charge in [-0.05, 0) is 48.1 Å². The van der Waals surface area contributed by atoms with E-state index in [2.05, 4.69) is 27.4 Å². The minimum atomic E-state index is -0.0946. The maximum Gasteiger partial charge on any atom is 0.276 e. The summed E-state index contributed by atoms with van der Waals surface area (Å²) in [6.45, 7) is 2.58. The first-order valence-electron chi connectivity index (χ1n) is 11.1. The molecular formula is C24H26N6O2. The first-order chi connectivity index (χ1) is 15.7. The van der Waals surface area contributed by atoms with Gasteiger partial charge in [-0.2, -0.15) is 0 Å². The molecule has 1 aromatic carbocycles. The first kappa shape index (κ1) is 20.4. The van der Waals surface area contributed by atoms with Crippen LogP contribution >= 0.6 is 0 Å². The standard InChI is InChI=1S/C24H26N6O2/c31-23(14-18-7-10-25-11-8-18)30-12-3-6-21(30)16-29-17-22(26-27-29)24(32)28-13-9-19-4-1-2-5-20(19)15-28/h1-2,4-5,7-8,10-11,17,21H,3,6,9,12-16H2. The number of rotatable bonds is 5. The third-order valence-electron chi connectivity index (χ3n) is 6.38. The van der Waals surface area contributed by atoms with Gasteiger partial charge in [0.25, 0.3) is 5.91 Å². The molecular weight excluding hydrogens is 404 g/mol. The minimum Gasteiger partial charge on any atom is -0.338 e. The number of aromatic nitrogens is 4. The lowest BCUT2D eigenvalue weighted by Gasteiger charge is -2.28. The molecule has 0 aliphatic carbocycles. The number of carbonyl (C=O) groups is 2. The van der Waals surface area contributed by atoms with Crippen molar-refractivity contribution in [2.45, 2.75) is 44.8 Å². The van der Waals surface area contributed by atoms with Crippen molar-refractivity contribution in [3.63, 3.8) is 0 Å². The molecule has 0 N–H and O–H groups in total. The van der Waals surface area contributed by atoms with Crippen molar-refractivity contribution in [3.05, 3.63) is 77.4 Å². The Balaban J connectivity index is 1.22. The van der Waals surface area contributed by atoms with Gasteiger partial charge in [0, 0.05) is 32.0 Å². The van der Waals surface area contributed by atoms with Gasteiger partial charge in [-0.25, -0.2) is 4.68 Å². The zero-order valence-corrected chi connectivity index (χ0v) is 17.9. The van der Waals surface area contributed by atoms with Crippen LogP contribution in [-0.4, -0.2) is 60.7 Å². The number of amides is 2. The van der Waals surface area contributed by atoms with Gasteiger partial charge in [0.2, 0.25) is 5.91 Å². The summed E-state index contributed by atoms with van der Waals surface area (Å²) in [5.74, 6) is 0.0184. The van der Waals surface area contributed by atoms with Crippen molar-refractivity contribution in [1.82, 2.24) is 29.8 Å². The molecule has 4 heterocycles. The van der Waals surface area contributed by atoms with E-state index >= 15 is 0 Å². The van der Waals surface area contributed by atoms with Crippen LogP contribution in [0.25, 0.3) is 0 Å². The molecule has 164 valence electrons. The molecule has 1 unspecified atom stereocenters. The topological polar surface area (TPSA) is 84.2 Å². The van der Waals surface area contributed by atoms with E-state index in [0.717, 1.165) is 31.4 Å². The highest BCUT2D eigenvalue weighted by Gasteiger charge is 2.30. The van der Waals surface area contributed by atoms with E-state index in [1.54, 1.807) is 23.3 Å². The molecule has 8 heteroatoms. The van der Waals surface area contributed by atoms with Gasteiger partial charge in [-0.3, -0.25) is 14.6 Å². The fraction of sp³-hybridized carbons (Fsp3) is 0.375. The molecule has 2 aromatic heterocycles. The van der Waals surface area contributed by atoms with Crippen LogP contribution < -0.4 is 0 Å². The van der Waals surface area contributed by atoms with Gasteiger partial charge in [0.05, 0.1) is 25.2 Å². The fourth-order valence-electron chi connectivity index (χ4n) is 4.66. The van der Waals surface area contributed by atoms with E-state index in [4.69, 9.17) is 0 Å². The van der Waals surface area contributed by atoms with Gasteiger partial charge in [-0.1, -0.05) is 29.5 Å². The van der Waals surface area contributed by atoms with Crippen LogP contribution in [0.3, 0.4) is 0 Å². The molecule has 2 amide bonds. The Morgan fingerprint density at radius 2 is 1.84 bits per heavy atom. The number of carbonyl (C=O) groups excluding carboxylic acids is 2. The molecule has 2 aliphatic heterocycles. The molecule has 3 aromatic rings. The predicted octanol–water partition coefficient (Wildman–Crippen LogP) is 2.11. The molecule has 0 spiro atoms. The van der Waals surface area contributed by atoms with Gasteiger partial charge in [0.1, 0.15) is 0 Å². The molecule has 0 radical (unpaired) electrons. The van der Waals surface area contributed by atoms with Crippen LogP contribution in [0.2, 0.25) is 0 Å². The first-order valence-corrected chi connectivity index (χ1v) is 11.1. The van der Waals surface area contributed by atoms with E-state index < -0.39 is 0 Å². The molecule has 1 atom stereocenters. The summed E-state index contributed by atoms with van der Waals surface area (Å²) >= 11 is 0. The van der Waals surface area contributed by atoms with Crippen LogP contribution in [0.1, 0.15) is 40.0 Å². The average Bonchev–Trinajstić information content (AvgIpc) is 3.49. The van der Waals surface area contributed by atoms with Gasteiger partial charge in [-0.15, -0.1) is 5.10 Å². The summed E-state index contributed by atoms with van der Waals surface area (Å²) in [4.78, 5) is 33.6. The van der Waals surface area contributed by atoms with Crippen LogP contribution in [0.4, 0.5) is 0 Å². The smallest absolute Gasteiger partial charge is 0.276 e. The number of hydrogen-bond donors (Lipinski definition) is 0. The summed E-state index contributed by atoms with van der Waals surface area (Å²) in [6.07, 6.45) is 8.25. The lowest BCUT2D eigenvalue weighted by atomic mass is 10.00. The predicted molar refractivity (Wildman–Crippen MR) is 118 cm³/mol. The maximum atomic E-state index is 13.0. The Morgan fingerprint density at radius 3 is 2.69 bits per heavy atom. The van der Waals surface area contributed by atoms with E-state index in [9.17, 15) is 9.59 Å². The molecule has 1 fully saturated rings. The Labute approximate surface area is 186 Å². The molecule has 0 saturated carbocycles. The number of benzene rings is 1. The van der Waals surface area contributed by atoms with E-state index in [0.29, 0.717) is 31.7 Å². The zero-order valence-electron chi connectivity index (χ0n) is 17.9. The number of hydrogen-bond acceptors (Lipinski definition) is 5. The highest BCUT2D eigenvalue weighted by Crippen LogP contribution is 2.22. The highest BCUT2D eigenvalue weighted by molar-refractivity contribution is 5.92. The zero-order chi connectivity index (χ0) is 21.9. The van der Waals surface area contributed by atoms with Crippen molar-refractivity contribution < 1.29 is 9.59 Å². The average molecular weight is 431 g/mol. The van der Waals surface area contributed by atoms with E-state index in [1.165, 1.54) is 11.1 Å². The Hall–Kier alpha value is -3.55. The lowest BCUT2D eigenvalue weighted by molar-refractivity contribution is -0.131. The maximum absolute atomic E-state index is 13.0. The molecule has 1 saturated heterocycles. The van der Waals surface area contributed by atoms with Crippen molar-refractivity contribution in [2.24, 2.45) is 0 Å². The van der Waals surface area contributed by atoms with Crippen LogP contribution in [-0.2, 0) is 30.7 Å². The highest BCUT2D eigenvalue weighted by atomic mass is 16.2. The van der Waals surface area contributed by atoms with E-state index in [1.807, 2.05) is 34.1 Å². The second-order valence-electron chi connectivity index (χ2n) is 8.49. The van der Waals surface area contributed by atoms with Gasteiger partial charge >= 0.3 is 0 Å². The second kappa shape index (κ2) is 8.90. The minimum absolute atomic E-state index is 0.0656. The van der Waals surface area contributed by atoms with E-state index in [-0.39, 0.29) is 17.9 Å². The van der Waals surface area contributed by atoms with Gasteiger partial charge < -0.3 is 9.80 Å². The van der Waals surface area contributed by atoms with Crippen molar-refractivity contribution in [2.75, 3.05) is 13.1 Å². The van der Waals surface area contributed by atoms with Crippen LogP contribution in [0.15, 0.2) is 55.0 Å². The number of pyridine rings is 1. The normalized spacial score (nSPS) is 17.9. The molecule has 2 aliphatic rings. The summed E-state index contributed by atoms with van der Waals surface area (Å²) in [6, 6.07) is 12.0. The van der Waals surface area contributed by atoms with Crippen LogP contribution in [0.5, 0.6) is 0 Å². The summed E-state index contributed by atoms with van der Waals surface area (Å²) in [7, 11) is 0. The molecule has 32 heavy (non-hydrogen) atoms. The van der Waals surface area contributed by atoms with Crippen molar-refractivity contribution >= 4 is 11.8 Å². The summed E-state index contributed by atoms with van der Waals surface area (Å²) in [5.41, 5.74) is 3.82. The summed E-state index contributed by atoms with van der Waals surface area (Å²) in [5, 5.41) is 8.33. The molecule has 0 bridgehead atoms. The number of fused-ring (bicyclic) bond motifs is 1. The third kappa shape index (κ3) is 4.26. The second-order valence-corrected chi connectivity index (χ2v) is 8.49. The third-order valence-corrected chi connectivity index (χ3v) is 6.38. The quantitative estimate of drug-likeness (QED) is 0.619.